The second-order valence-corrected chi connectivity index (χ2v) is 8.67. The highest BCUT2D eigenvalue weighted by Crippen LogP contribution is 2.31. The molecule has 0 radical (unpaired) electrons. The van der Waals surface area contributed by atoms with E-state index in [2.05, 4.69) is 10.3 Å². The van der Waals surface area contributed by atoms with E-state index in [-0.39, 0.29) is 17.6 Å². The van der Waals surface area contributed by atoms with Crippen LogP contribution in [0.2, 0.25) is 5.02 Å². The van der Waals surface area contributed by atoms with E-state index in [0.29, 0.717) is 28.8 Å². The molecule has 3 heterocycles. The number of aromatic nitrogens is 1. The first-order chi connectivity index (χ1) is 15.6. The van der Waals surface area contributed by atoms with Crippen molar-refractivity contribution >= 4 is 39.9 Å². The summed E-state index contributed by atoms with van der Waals surface area (Å²) >= 11 is 7.59. The molecule has 2 amide bonds. The van der Waals surface area contributed by atoms with Gasteiger partial charge in [0, 0.05) is 28.9 Å². The fraction of sp³-hybridized carbons (Fsp3) is 0.125. The number of furan rings is 1. The van der Waals surface area contributed by atoms with Gasteiger partial charge in [-0.1, -0.05) is 54.1 Å². The number of carbonyl (C=O) groups excluding carboxylic acids is 2. The molecule has 0 aliphatic carbocycles. The standard InChI is InChI=1S/C24H18ClN3O3S/c25-18-9-4-3-8-17(18)19-14-32-24(26-19)27-22(29)20-12-15-6-1-2-7-16(15)13-28(20)23(30)21-10-5-11-31-21/h1-11,14,20H,12-13H2,(H,26,27,29)/t20-/m0/s1. The van der Waals surface area contributed by atoms with Crippen molar-refractivity contribution in [3.8, 4) is 11.3 Å². The zero-order valence-electron chi connectivity index (χ0n) is 16.8. The van der Waals surface area contributed by atoms with Gasteiger partial charge in [0.2, 0.25) is 5.91 Å². The molecule has 0 saturated carbocycles. The van der Waals surface area contributed by atoms with Crippen molar-refractivity contribution in [2.45, 2.75) is 19.0 Å². The minimum absolute atomic E-state index is 0.206. The van der Waals surface area contributed by atoms with Crippen molar-refractivity contribution < 1.29 is 14.0 Å². The molecule has 5 rings (SSSR count). The quantitative estimate of drug-likeness (QED) is 0.447. The van der Waals surface area contributed by atoms with Gasteiger partial charge in [-0.15, -0.1) is 11.3 Å². The highest BCUT2D eigenvalue weighted by atomic mass is 35.5. The van der Waals surface area contributed by atoms with E-state index in [1.54, 1.807) is 23.1 Å². The second-order valence-electron chi connectivity index (χ2n) is 7.41. The minimum atomic E-state index is -0.685. The first-order valence-corrected chi connectivity index (χ1v) is 11.3. The Hall–Kier alpha value is -3.42. The van der Waals surface area contributed by atoms with Gasteiger partial charge in [0.25, 0.3) is 5.91 Å². The molecular weight excluding hydrogens is 446 g/mol. The molecule has 1 aliphatic heterocycles. The predicted octanol–water partition coefficient (Wildman–Crippen LogP) is 5.26. The van der Waals surface area contributed by atoms with Crippen LogP contribution in [0.3, 0.4) is 0 Å². The van der Waals surface area contributed by atoms with Crippen LogP contribution in [-0.2, 0) is 17.8 Å². The van der Waals surface area contributed by atoms with Gasteiger partial charge in [0.05, 0.1) is 12.0 Å². The third-order valence-electron chi connectivity index (χ3n) is 5.43. The predicted molar refractivity (Wildman–Crippen MR) is 124 cm³/mol. The van der Waals surface area contributed by atoms with Gasteiger partial charge in [-0.25, -0.2) is 4.98 Å². The number of carbonyl (C=O) groups is 2. The minimum Gasteiger partial charge on any atom is -0.459 e. The SMILES string of the molecule is O=C(Nc1nc(-c2ccccc2Cl)cs1)[C@@H]1Cc2ccccc2CN1C(=O)c1ccco1. The van der Waals surface area contributed by atoms with Crippen molar-refractivity contribution in [2.75, 3.05) is 5.32 Å². The first kappa shape index (κ1) is 20.5. The number of benzene rings is 2. The maximum absolute atomic E-state index is 13.3. The Morgan fingerprint density at radius 2 is 1.84 bits per heavy atom. The number of rotatable bonds is 4. The highest BCUT2D eigenvalue weighted by Gasteiger charge is 2.36. The van der Waals surface area contributed by atoms with Crippen molar-refractivity contribution in [1.82, 2.24) is 9.88 Å². The molecule has 0 spiro atoms. The molecule has 0 saturated heterocycles. The number of amides is 2. The summed E-state index contributed by atoms with van der Waals surface area (Å²) in [5.74, 6) is -0.405. The number of fused-ring (bicyclic) bond motifs is 1. The van der Waals surface area contributed by atoms with Gasteiger partial charge in [-0.2, -0.15) is 0 Å². The number of hydrogen-bond donors (Lipinski definition) is 1. The van der Waals surface area contributed by atoms with Crippen molar-refractivity contribution in [1.29, 1.82) is 0 Å². The van der Waals surface area contributed by atoms with Gasteiger partial charge in [-0.05, 0) is 29.3 Å². The first-order valence-electron chi connectivity index (χ1n) is 10.0. The Morgan fingerprint density at radius 3 is 2.62 bits per heavy atom. The van der Waals surface area contributed by atoms with Crippen molar-refractivity contribution in [3.05, 3.63) is 94.2 Å². The van der Waals surface area contributed by atoms with E-state index < -0.39 is 6.04 Å². The summed E-state index contributed by atoms with van der Waals surface area (Å²) in [6, 6.07) is 17.8. The van der Waals surface area contributed by atoms with Gasteiger partial charge in [0.1, 0.15) is 6.04 Å². The van der Waals surface area contributed by atoms with E-state index in [1.807, 2.05) is 47.8 Å². The second kappa shape index (κ2) is 8.61. The van der Waals surface area contributed by atoms with Crippen molar-refractivity contribution in [2.24, 2.45) is 0 Å². The van der Waals surface area contributed by atoms with Gasteiger partial charge < -0.3 is 14.6 Å². The Morgan fingerprint density at radius 1 is 1.06 bits per heavy atom. The molecule has 0 bridgehead atoms. The summed E-state index contributed by atoms with van der Waals surface area (Å²) in [6.45, 7) is 0.330. The number of nitrogens with one attached hydrogen (secondary N) is 1. The fourth-order valence-electron chi connectivity index (χ4n) is 3.82. The number of nitrogens with zero attached hydrogens (tertiary/aromatic N) is 2. The maximum atomic E-state index is 13.3. The maximum Gasteiger partial charge on any atom is 0.290 e. The van der Waals surface area contributed by atoms with Gasteiger partial charge >= 0.3 is 0 Å². The van der Waals surface area contributed by atoms with Crippen LogP contribution in [0.1, 0.15) is 21.7 Å². The Labute approximate surface area is 193 Å². The lowest BCUT2D eigenvalue weighted by atomic mass is 9.93. The lowest BCUT2D eigenvalue weighted by molar-refractivity contribution is -0.121. The van der Waals surface area contributed by atoms with Gasteiger partial charge in [0.15, 0.2) is 10.9 Å². The highest BCUT2D eigenvalue weighted by molar-refractivity contribution is 7.14. The van der Waals surface area contributed by atoms with E-state index in [0.717, 1.165) is 16.7 Å². The number of thiazole rings is 1. The zero-order valence-corrected chi connectivity index (χ0v) is 18.4. The van der Waals surface area contributed by atoms with Crippen LogP contribution in [0.4, 0.5) is 5.13 Å². The van der Waals surface area contributed by atoms with Crippen LogP contribution in [0.25, 0.3) is 11.3 Å². The number of halogens is 1. The summed E-state index contributed by atoms with van der Waals surface area (Å²) in [5, 5.41) is 5.77. The molecule has 160 valence electrons. The largest absolute Gasteiger partial charge is 0.459 e. The van der Waals surface area contributed by atoms with E-state index >= 15 is 0 Å². The molecule has 8 heteroatoms. The molecular formula is C24H18ClN3O3S. The molecule has 0 fully saturated rings. The average Bonchev–Trinajstić information content (AvgIpc) is 3.50. The van der Waals surface area contributed by atoms with Crippen LogP contribution in [0.5, 0.6) is 0 Å². The molecule has 1 atom stereocenters. The molecule has 0 unspecified atom stereocenters. The lowest BCUT2D eigenvalue weighted by Crippen LogP contribution is -2.50. The fourth-order valence-corrected chi connectivity index (χ4v) is 4.77. The molecule has 4 aromatic rings. The third kappa shape index (κ3) is 3.92. The van der Waals surface area contributed by atoms with Crippen molar-refractivity contribution in [3.63, 3.8) is 0 Å². The Bertz CT molecular complexity index is 1290. The normalized spacial score (nSPS) is 15.3. The molecule has 2 aromatic heterocycles. The summed E-state index contributed by atoms with van der Waals surface area (Å²) in [5.41, 5.74) is 3.55. The molecule has 2 aromatic carbocycles. The van der Waals surface area contributed by atoms with Crippen LogP contribution in [0.15, 0.2) is 76.7 Å². The van der Waals surface area contributed by atoms with Crippen LogP contribution < -0.4 is 5.32 Å². The molecule has 1 N–H and O–H groups in total. The summed E-state index contributed by atoms with van der Waals surface area (Å²) in [6.07, 6.45) is 1.86. The van der Waals surface area contributed by atoms with Gasteiger partial charge in [-0.3, -0.25) is 9.59 Å². The average molecular weight is 464 g/mol. The summed E-state index contributed by atoms with van der Waals surface area (Å²) < 4.78 is 5.30. The lowest BCUT2D eigenvalue weighted by Gasteiger charge is -2.35. The Kier molecular flexibility index (Phi) is 5.51. The molecule has 1 aliphatic rings. The van der Waals surface area contributed by atoms with Crippen LogP contribution in [-0.4, -0.2) is 27.7 Å². The smallest absolute Gasteiger partial charge is 0.290 e. The Balaban J connectivity index is 1.41. The monoisotopic (exact) mass is 463 g/mol. The number of anilines is 1. The third-order valence-corrected chi connectivity index (χ3v) is 6.52. The van der Waals surface area contributed by atoms with Crippen LogP contribution in [0, 0.1) is 0 Å². The number of hydrogen-bond acceptors (Lipinski definition) is 5. The van der Waals surface area contributed by atoms with E-state index in [9.17, 15) is 9.59 Å². The van der Waals surface area contributed by atoms with E-state index in [1.165, 1.54) is 17.6 Å². The summed E-state index contributed by atoms with van der Waals surface area (Å²) in [7, 11) is 0. The van der Waals surface area contributed by atoms with E-state index in [4.69, 9.17) is 16.0 Å². The molecule has 32 heavy (non-hydrogen) atoms. The topological polar surface area (TPSA) is 75.4 Å². The zero-order chi connectivity index (χ0) is 22.1. The van der Waals surface area contributed by atoms with Crippen LogP contribution >= 0.6 is 22.9 Å². The summed E-state index contributed by atoms with van der Waals surface area (Å²) in [4.78, 5) is 32.4. The molecule has 6 nitrogen and oxygen atoms in total.